The number of hydrogen-bond donors (Lipinski definition) is 2. The molecule has 1 aromatic heterocycles. The summed E-state index contributed by atoms with van der Waals surface area (Å²) >= 11 is 0. The number of amides is 1. The second-order valence-electron chi connectivity index (χ2n) is 4.68. The molecule has 1 saturated heterocycles. The first kappa shape index (κ1) is 14.0. The standard InChI is InChI=1S/C11H17N3O4S/c1-7-6-14(4-3-13-7)11(15)9-5-10(8(2)18-9)19(12,16)17/h5,7,13H,3-4,6H2,1-2H3,(H2,12,16,17)/t7-/m1/s1. The van der Waals surface area contributed by atoms with Crippen LogP contribution in [0.3, 0.4) is 0 Å². The van der Waals surface area contributed by atoms with Crippen LogP contribution >= 0.6 is 0 Å². The van der Waals surface area contributed by atoms with Crippen molar-refractivity contribution in [3.05, 3.63) is 17.6 Å². The first-order chi connectivity index (χ1) is 8.79. The van der Waals surface area contributed by atoms with Crippen LogP contribution in [0.25, 0.3) is 0 Å². The molecular formula is C11H17N3O4S. The lowest BCUT2D eigenvalue weighted by molar-refractivity contribution is 0.0675. The average molecular weight is 287 g/mol. The van der Waals surface area contributed by atoms with Crippen LogP contribution in [0.5, 0.6) is 0 Å². The Labute approximate surface area is 111 Å². The van der Waals surface area contributed by atoms with Crippen LogP contribution in [0.1, 0.15) is 23.2 Å². The Bertz CT molecular complexity index is 593. The Morgan fingerprint density at radius 1 is 1.58 bits per heavy atom. The lowest BCUT2D eigenvalue weighted by Crippen LogP contribution is -2.51. The maximum Gasteiger partial charge on any atom is 0.289 e. The molecule has 0 radical (unpaired) electrons. The number of hydrogen-bond acceptors (Lipinski definition) is 5. The van der Waals surface area contributed by atoms with E-state index in [0.717, 1.165) is 0 Å². The number of carbonyl (C=O) groups is 1. The molecule has 1 aromatic rings. The molecule has 0 bridgehead atoms. The lowest BCUT2D eigenvalue weighted by atomic mass is 10.2. The van der Waals surface area contributed by atoms with Crippen molar-refractivity contribution in [1.29, 1.82) is 0 Å². The van der Waals surface area contributed by atoms with Crippen LogP contribution in [-0.4, -0.2) is 44.9 Å². The van der Waals surface area contributed by atoms with Gasteiger partial charge in [0.05, 0.1) is 0 Å². The van der Waals surface area contributed by atoms with Gasteiger partial charge in [-0.1, -0.05) is 0 Å². The molecule has 1 aliphatic heterocycles. The highest BCUT2D eigenvalue weighted by Gasteiger charge is 2.27. The third-order valence-corrected chi connectivity index (χ3v) is 4.06. The van der Waals surface area contributed by atoms with Gasteiger partial charge in [0.15, 0.2) is 5.76 Å². The summed E-state index contributed by atoms with van der Waals surface area (Å²) in [4.78, 5) is 13.7. The minimum absolute atomic E-state index is 0.00984. The fraction of sp³-hybridized carbons (Fsp3) is 0.545. The van der Waals surface area contributed by atoms with E-state index in [2.05, 4.69) is 5.32 Å². The van der Waals surface area contributed by atoms with Gasteiger partial charge in [-0.2, -0.15) is 0 Å². The van der Waals surface area contributed by atoms with Gasteiger partial charge in [-0.15, -0.1) is 0 Å². The van der Waals surface area contributed by atoms with Crippen molar-refractivity contribution in [2.24, 2.45) is 5.14 Å². The van der Waals surface area contributed by atoms with Crippen molar-refractivity contribution in [2.75, 3.05) is 19.6 Å². The molecule has 0 unspecified atom stereocenters. The summed E-state index contributed by atoms with van der Waals surface area (Å²) < 4.78 is 27.8. The molecule has 0 spiro atoms. The van der Waals surface area contributed by atoms with Crippen molar-refractivity contribution in [2.45, 2.75) is 24.8 Å². The van der Waals surface area contributed by atoms with Crippen LogP contribution in [0.2, 0.25) is 0 Å². The summed E-state index contributed by atoms with van der Waals surface area (Å²) in [5.74, 6) is -0.170. The molecule has 2 heterocycles. The first-order valence-corrected chi connectivity index (χ1v) is 7.49. The van der Waals surface area contributed by atoms with E-state index in [0.29, 0.717) is 19.6 Å². The predicted octanol–water partition coefficient (Wildman–Crippen LogP) is -0.331. The smallest absolute Gasteiger partial charge is 0.289 e. The second-order valence-corrected chi connectivity index (χ2v) is 6.21. The molecular weight excluding hydrogens is 270 g/mol. The lowest BCUT2D eigenvalue weighted by Gasteiger charge is -2.31. The Balaban J connectivity index is 2.25. The van der Waals surface area contributed by atoms with Crippen molar-refractivity contribution in [3.63, 3.8) is 0 Å². The maximum absolute atomic E-state index is 12.2. The van der Waals surface area contributed by atoms with Gasteiger partial charge in [0.25, 0.3) is 5.91 Å². The van der Waals surface area contributed by atoms with E-state index in [1.54, 1.807) is 4.90 Å². The summed E-state index contributed by atoms with van der Waals surface area (Å²) in [6.45, 7) is 5.27. The Kier molecular flexibility index (Phi) is 3.66. The van der Waals surface area contributed by atoms with Crippen LogP contribution in [-0.2, 0) is 10.0 Å². The number of furan rings is 1. The molecule has 1 aliphatic rings. The highest BCUT2D eigenvalue weighted by Crippen LogP contribution is 2.20. The molecule has 1 atom stereocenters. The first-order valence-electron chi connectivity index (χ1n) is 5.95. The van der Waals surface area contributed by atoms with Gasteiger partial charge in [-0.3, -0.25) is 4.79 Å². The predicted molar refractivity (Wildman–Crippen MR) is 68.2 cm³/mol. The molecule has 0 aliphatic carbocycles. The van der Waals surface area contributed by atoms with Crippen LogP contribution in [0, 0.1) is 6.92 Å². The van der Waals surface area contributed by atoms with Crippen LogP contribution in [0.4, 0.5) is 0 Å². The Morgan fingerprint density at radius 2 is 2.26 bits per heavy atom. The SMILES string of the molecule is Cc1oc(C(=O)N2CCN[C@H](C)C2)cc1S(N)(=O)=O. The van der Waals surface area contributed by atoms with E-state index in [1.807, 2.05) is 6.92 Å². The topological polar surface area (TPSA) is 106 Å². The number of sulfonamides is 1. The van der Waals surface area contributed by atoms with Gasteiger partial charge in [-0.05, 0) is 13.8 Å². The van der Waals surface area contributed by atoms with Crippen molar-refractivity contribution < 1.29 is 17.6 Å². The van der Waals surface area contributed by atoms with Gasteiger partial charge in [0.2, 0.25) is 10.0 Å². The van der Waals surface area contributed by atoms with E-state index in [-0.39, 0.29) is 28.4 Å². The molecule has 3 N–H and O–H groups in total. The van der Waals surface area contributed by atoms with Gasteiger partial charge in [0.1, 0.15) is 10.7 Å². The number of piperazine rings is 1. The summed E-state index contributed by atoms with van der Waals surface area (Å²) in [6.07, 6.45) is 0. The van der Waals surface area contributed by atoms with E-state index in [1.165, 1.54) is 13.0 Å². The minimum Gasteiger partial charge on any atom is -0.455 e. The summed E-state index contributed by atoms with van der Waals surface area (Å²) in [7, 11) is -3.86. The fourth-order valence-electron chi connectivity index (χ4n) is 2.13. The molecule has 1 fully saturated rings. The molecule has 106 valence electrons. The molecule has 0 aromatic carbocycles. The van der Waals surface area contributed by atoms with Gasteiger partial charge in [-0.25, -0.2) is 13.6 Å². The zero-order valence-electron chi connectivity index (χ0n) is 10.8. The van der Waals surface area contributed by atoms with Gasteiger partial charge < -0.3 is 14.6 Å². The van der Waals surface area contributed by atoms with Crippen LogP contribution < -0.4 is 10.5 Å². The van der Waals surface area contributed by atoms with Crippen molar-refractivity contribution in [1.82, 2.24) is 10.2 Å². The zero-order chi connectivity index (χ0) is 14.2. The highest BCUT2D eigenvalue weighted by molar-refractivity contribution is 7.89. The number of nitrogens with one attached hydrogen (secondary N) is 1. The summed E-state index contributed by atoms with van der Waals surface area (Å²) in [5, 5.41) is 8.27. The molecule has 1 amide bonds. The van der Waals surface area contributed by atoms with Crippen molar-refractivity contribution >= 4 is 15.9 Å². The molecule has 7 nitrogen and oxygen atoms in total. The third-order valence-electron chi connectivity index (χ3n) is 3.05. The maximum atomic E-state index is 12.2. The number of aryl methyl sites for hydroxylation is 1. The van der Waals surface area contributed by atoms with E-state index in [4.69, 9.17) is 9.56 Å². The number of primary sulfonamides is 1. The quantitative estimate of drug-likeness (QED) is 0.774. The Hall–Kier alpha value is -1.38. The number of nitrogens with two attached hydrogens (primary N) is 1. The summed E-state index contributed by atoms with van der Waals surface area (Å²) in [5.41, 5.74) is 0. The molecule has 2 rings (SSSR count). The van der Waals surface area contributed by atoms with E-state index < -0.39 is 10.0 Å². The Morgan fingerprint density at radius 3 is 2.79 bits per heavy atom. The zero-order valence-corrected chi connectivity index (χ0v) is 11.7. The number of nitrogens with zero attached hydrogens (tertiary/aromatic N) is 1. The normalized spacial score (nSPS) is 20.6. The monoisotopic (exact) mass is 287 g/mol. The fourth-order valence-corrected chi connectivity index (χ4v) is 2.84. The molecule has 19 heavy (non-hydrogen) atoms. The highest BCUT2D eigenvalue weighted by atomic mass is 32.2. The van der Waals surface area contributed by atoms with Crippen molar-refractivity contribution in [3.8, 4) is 0 Å². The van der Waals surface area contributed by atoms with Gasteiger partial charge in [0, 0.05) is 31.7 Å². The minimum atomic E-state index is -3.86. The molecule has 0 saturated carbocycles. The van der Waals surface area contributed by atoms with Crippen LogP contribution in [0.15, 0.2) is 15.4 Å². The van der Waals surface area contributed by atoms with Gasteiger partial charge >= 0.3 is 0 Å². The third kappa shape index (κ3) is 2.96. The van der Waals surface area contributed by atoms with E-state index in [9.17, 15) is 13.2 Å². The largest absolute Gasteiger partial charge is 0.455 e. The average Bonchev–Trinajstić information content (AvgIpc) is 2.70. The second kappa shape index (κ2) is 4.95. The molecule has 8 heteroatoms. The summed E-state index contributed by atoms with van der Waals surface area (Å²) in [6, 6.07) is 1.39. The number of carbonyl (C=O) groups excluding carboxylic acids is 1. The number of rotatable bonds is 2. The van der Waals surface area contributed by atoms with E-state index >= 15 is 0 Å².